The molecule has 0 saturated carbocycles. The summed E-state index contributed by atoms with van der Waals surface area (Å²) in [6.07, 6.45) is 0. The van der Waals surface area contributed by atoms with E-state index in [-0.39, 0.29) is 5.82 Å². The molecule has 0 amide bonds. The van der Waals surface area contributed by atoms with Gasteiger partial charge in [0.2, 0.25) is 0 Å². The summed E-state index contributed by atoms with van der Waals surface area (Å²) >= 11 is 3.31. The molecule has 12 heavy (non-hydrogen) atoms. The van der Waals surface area contributed by atoms with Gasteiger partial charge in [-0.2, -0.15) is 0 Å². The Morgan fingerprint density at radius 2 is 1.67 bits per heavy atom. The SMILES string of the molecule is Fc1cccc2cccc(Br)c12. The van der Waals surface area contributed by atoms with Crippen LogP contribution < -0.4 is 0 Å². The van der Waals surface area contributed by atoms with E-state index in [0.29, 0.717) is 5.39 Å². The van der Waals surface area contributed by atoms with Crippen LogP contribution in [-0.2, 0) is 0 Å². The van der Waals surface area contributed by atoms with Crippen molar-refractivity contribution >= 4 is 26.7 Å². The van der Waals surface area contributed by atoms with Gasteiger partial charge in [0.25, 0.3) is 0 Å². The van der Waals surface area contributed by atoms with Crippen LogP contribution in [0.15, 0.2) is 40.9 Å². The van der Waals surface area contributed by atoms with Crippen LogP contribution in [0.1, 0.15) is 0 Å². The summed E-state index contributed by atoms with van der Waals surface area (Å²) in [4.78, 5) is 0. The molecule has 0 heterocycles. The number of hydrogen-bond donors (Lipinski definition) is 0. The molecule has 0 atom stereocenters. The van der Waals surface area contributed by atoms with Gasteiger partial charge in [-0.3, -0.25) is 0 Å². The summed E-state index contributed by atoms with van der Waals surface area (Å²) in [5.74, 6) is -0.181. The second-order valence-corrected chi connectivity index (χ2v) is 3.43. The van der Waals surface area contributed by atoms with Crippen molar-refractivity contribution in [3.8, 4) is 0 Å². The van der Waals surface area contributed by atoms with Crippen molar-refractivity contribution in [1.29, 1.82) is 0 Å². The summed E-state index contributed by atoms with van der Waals surface area (Å²) in [6, 6.07) is 10.7. The Kier molecular flexibility index (Phi) is 1.85. The number of halogens is 2. The third-order valence-electron chi connectivity index (χ3n) is 1.80. The Labute approximate surface area is 78.1 Å². The molecule has 0 nitrogen and oxygen atoms in total. The lowest BCUT2D eigenvalue weighted by atomic mass is 10.1. The van der Waals surface area contributed by atoms with Crippen LogP contribution in [0.25, 0.3) is 10.8 Å². The van der Waals surface area contributed by atoms with Gasteiger partial charge >= 0.3 is 0 Å². The first-order valence-corrected chi connectivity index (χ1v) is 4.41. The van der Waals surface area contributed by atoms with Gasteiger partial charge in [0, 0.05) is 9.86 Å². The summed E-state index contributed by atoms with van der Waals surface area (Å²) < 4.78 is 14.0. The predicted octanol–water partition coefficient (Wildman–Crippen LogP) is 3.74. The van der Waals surface area contributed by atoms with Gasteiger partial charge in [-0.05, 0) is 17.5 Å². The van der Waals surface area contributed by atoms with Crippen LogP contribution in [0.4, 0.5) is 4.39 Å². The van der Waals surface area contributed by atoms with Crippen molar-refractivity contribution in [2.24, 2.45) is 0 Å². The maximum Gasteiger partial charge on any atom is 0.132 e. The van der Waals surface area contributed by atoms with Crippen LogP contribution in [0.2, 0.25) is 0 Å². The summed E-state index contributed by atoms with van der Waals surface area (Å²) in [7, 11) is 0. The van der Waals surface area contributed by atoms with E-state index < -0.39 is 0 Å². The Balaban J connectivity index is 2.96. The Hall–Kier alpha value is -0.890. The molecule has 0 spiro atoms. The van der Waals surface area contributed by atoms with Crippen LogP contribution in [0.5, 0.6) is 0 Å². The van der Waals surface area contributed by atoms with Gasteiger partial charge < -0.3 is 0 Å². The zero-order valence-electron chi connectivity index (χ0n) is 6.22. The monoisotopic (exact) mass is 224 g/mol. The van der Waals surface area contributed by atoms with Crippen LogP contribution >= 0.6 is 15.9 Å². The number of fused-ring (bicyclic) bond motifs is 1. The van der Waals surface area contributed by atoms with Crippen molar-refractivity contribution < 1.29 is 4.39 Å². The van der Waals surface area contributed by atoms with E-state index in [1.165, 1.54) is 6.07 Å². The smallest absolute Gasteiger partial charge is 0.132 e. The van der Waals surface area contributed by atoms with Gasteiger partial charge in [-0.25, -0.2) is 4.39 Å². The third kappa shape index (κ3) is 1.12. The van der Waals surface area contributed by atoms with Gasteiger partial charge in [0.15, 0.2) is 0 Å². The molecule has 60 valence electrons. The van der Waals surface area contributed by atoms with Gasteiger partial charge in [-0.1, -0.05) is 40.2 Å². The average Bonchev–Trinajstić information content (AvgIpc) is 2.04. The molecule has 0 aromatic heterocycles. The molecule has 2 aromatic carbocycles. The maximum absolute atomic E-state index is 13.2. The van der Waals surface area contributed by atoms with E-state index in [0.717, 1.165) is 9.86 Å². The first-order chi connectivity index (χ1) is 5.79. The lowest BCUT2D eigenvalue weighted by Gasteiger charge is -2.00. The van der Waals surface area contributed by atoms with E-state index in [4.69, 9.17) is 0 Å². The molecule has 0 unspecified atom stereocenters. The topological polar surface area (TPSA) is 0 Å². The second kappa shape index (κ2) is 2.87. The van der Waals surface area contributed by atoms with Crippen molar-refractivity contribution in [3.63, 3.8) is 0 Å². The molecule has 0 aliphatic carbocycles. The van der Waals surface area contributed by atoms with Gasteiger partial charge in [0.05, 0.1) is 0 Å². The predicted molar refractivity (Wildman–Crippen MR) is 51.6 cm³/mol. The van der Waals surface area contributed by atoms with E-state index in [9.17, 15) is 4.39 Å². The molecule has 2 rings (SSSR count). The fourth-order valence-corrected chi connectivity index (χ4v) is 1.82. The summed E-state index contributed by atoms with van der Waals surface area (Å²) in [5, 5.41) is 1.57. The number of hydrogen-bond acceptors (Lipinski definition) is 0. The van der Waals surface area contributed by atoms with Crippen LogP contribution in [0, 0.1) is 5.82 Å². The molecule has 0 aliphatic heterocycles. The molecule has 0 aliphatic rings. The van der Waals surface area contributed by atoms with Crippen molar-refractivity contribution in [2.45, 2.75) is 0 Å². The zero-order valence-corrected chi connectivity index (χ0v) is 7.81. The summed E-state index contributed by atoms with van der Waals surface area (Å²) in [5.41, 5.74) is 0. The minimum atomic E-state index is -0.181. The summed E-state index contributed by atoms with van der Waals surface area (Å²) in [6.45, 7) is 0. The highest BCUT2D eigenvalue weighted by Gasteiger charge is 2.01. The van der Waals surface area contributed by atoms with E-state index in [1.54, 1.807) is 6.07 Å². The molecule has 0 bridgehead atoms. The molecular weight excluding hydrogens is 219 g/mol. The highest BCUT2D eigenvalue weighted by molar-refractivity contribution is 9.10. The lowest BCUT2D eigenvalue weighted by Crippen LogP contribution is -1.79. The molecule has 0 radical (unpaired) electrons. The molecule has 0 fully saturated rings. The van der Waals surface area contributed by atoms with Gasteiger partial charge in [-0.15, -0.1) is 0 Å². The molecule has 2 heteroatoms. The van der Waals surface area contributed by atoms with Crippen molar-refractivity contribution in [1.82, 2.24) is 0 Å². The quantitative estimate of drug-likeness (QED) is 0.640. The number of benzene rings is 2. The average molecular weight is 225 g/mol. The maximum atomic E-state index is 13.2. The first-order valence-electron chi connectivity index (χ1n) is 3.62. The minimum Gasteiger partial charge on any atom is -0.206 e. The largest absolute Gasteiger partial charge is 0.206 e. The van der Waals surface area contributed by atoms with Crippen LogP contribution in [0.3, 0.4) is 0 Å². The van der Waals surface area contributed by atoms with Gasteiger partial charge in [0.1, 0.15) is 5.82 Å². The van der Waals surface area contributed by atoms with E-state index in [2.05, 4.69) is 15.9 Å². The standard InChI is InChI=1S/C10H6BrF/c11-8-5-1-3-7-4-2-6-9(12)10(7)8/h1-6H. The van der Waals surface area contributed by atoms with Crippen LogP contribution in [-0.4, -0.2) is 0 Å². The lowest BCUT2D eigenvalue weighted by molar-refractivity contribution is 0.639. The molecule has 0 saturated heterocycles. The molecule has 2 aromatic rings. The van der Waals surface area contributed by atoms with Crippen molar-refractivity contribution in [2.75, 3.05) is 0 Å². The Morgan fingerprint density at radius 1 is 1.00 bits per heavy atom. The fraction of sp³-hybridized carbons (Fsp3) is 0. The normalized spacial score (nSPS) is 10.5. The second-order valence-electron chi connectivity index (χ2n) is 2.58. The highest BCUT2D eigenvalue weighted by Crippen LogP contribution is 2.25. The Morgan fingerprint density at radius 3 is 2.33 bits per heavy atom. The number of rotatable bonds is 0. The fourth-order valence-electron chi connectivity index (χ4n) is 1.25. The Bertz CT molecular complexity index is 386. The van der Waals surface area contributed by atoms with Crippen molar-refractivity contribution in [3.05, 3.63) is 46.7 Å². The van der Waals surface area contributed by atoms with E-state index >= 15 is 0 Å². The zero-order chi connectivity index (χ0) is 8.55. The third-order valence-corrected chi connectivity index (χ3v) is 2.46. The first kappa shape index (κ1) is 7.74. The molecule has 0 N–H and O–H groups in total. The highest BCUT2D eigenvalue weighted by atomic mass is 79.9. The van der Waals surface area contributed by atoms with E-state index in [1.807, 2.05) is 24.3 Å². The molecular formula is C10H6BrF. The minimum absolute atomic E-state index is 0.181.